The van der Waals surface area contributed by atoms with Crippen LogP contribution in [0.25, 0.3) is 11.6 Å². The van der Waals surface area contributed by atoms with Crippen molar-refractivity contribution in [2.45, 2.75) is 26.2 Å². The summed E-state index contributed by atoms with van der Waals surface area (Å²) < 4.78 is 0. The molecule has 0 saturated heterocycles. The predicted molar refractivity (Wildman–Crippen MR) is 110 cm³/mol. The van der Waals surface area contributed by atoms with Gasteiger partial charge < -0.3 is 0 Å². The van der Waals surface area contributed by atoms with E-state index in [2.05, 4.69) is 75.4 Å². The number of hydrogen-bond donors (Lipinski definition) is 0. The van der Waals surface area contributed by atoms with E-state index in [0.717, 1.165) is 11.8 Å². The Hall–Kier alpha value is -2.93. The highest BCUT2D eigenvalue weighted by Gasteiger charge is 2.14. The van der Waals surface area contributed by atoms with Crippen LogP contribution in [0.1, 0.15) is 53.4 Å². The van der Waals surface area contributed by atoms with Gasteiger partial charge in [-0.15, -0.1) is 0 Å². The minimum absolute atomic E-state index is 0.139. The largest absolute Gasteiger partial charge is 0.298 e. The van der Waals surface area contributed by atoms with Crippen molar-refractivity contribution in [2.75, 3.05) is 0 Å². The van der Waals surface area contributed by atoms with Crippen LogP contribution < -0.4 is 0 Å². The molecule has 0 saturated carbocycles. The van der Waals surface area contributed by atoms with Crippen LogP contribution in [0.4, 0.5) is 0 Å². The molecule has 3 aromatic carbocycles. The van der Waals surface area contributed by atoms with Gasteiger partial charge in [-0.1, -0.05) is 99.6 Å². The van der Waals surface area contributed by atoms with Crippen LogP contribution in [-0.4, -0.2) is 6.29 Å². The number of hydrogen-bond acceptors (Lipinski definition) is 1. The Morgan fingerprint density at radius 2 is 1.23 bits per heavy atom. The summed E-state index contributed by atoms with van der Waals surface area (Å²) in [5.41, 5.74) is 6.76. The van der Waals surface area contributed by atoms with Gasteiger partial charge in [-0.3, -0.25) is 4.79 Å². The Morgan fingerprint density at radius 1 is 0.692 bits per heavy atom. The Labute approximate surface area is 156 Å². The van der Waals surface area contributed by atoms with Crippen LogP contribution in [0.3, 0.4) is 0 Å². The van der Waals surface area contributed by atoms with Crippen molar-refractivity contribution in [1.29, 1.82) is 0 Å². The van der Waals surface area contributed by atoms with Gasteiger partial charge in [0.25, 0.3) is 0 Å². The maximum atomic E-state index is 10.9. The molecule has 0 bridgehead atoms. The Balaban J connectivity index is 2.06. The summed E-state index contributed by atoms with van der Waals surface area (Å²) in [5.74, 6) is 0. The lowest BCUT2D eigenvalue weighted by molar-refractivity contribution is 0.112. The van der Waals surface area contributed by atoms with E-state index in [4.69, 9.17) is 0 Å². The molecule has 0 aliphatic rings. The lowest BCUT2D eigenvalue weighted by Crippen LogP contribution is -2.10. The molecule has 0 fully saturated rings. The summed E-state index contributed by atoms with van der Waals surface area (Å²) in [7, 11) is 0. The summed E-state index contributed by atoms with van der Waals surface area (Å²) >= 11 is 0. The summed E-state index contributed by atoms with van der Waals surface area (Å²) in [6.07, 6.45) is 3.05. The first-order valence-electron chi connectivity index (χ1n) is 8.91. The average Bonchev–Trinajstić information content (AvgIpc) is 2.67. The summed E-state index contributed by atoms with van der Waals surface area (Å²) in [4.78, 5) is 10.9. The molecule has 0 N–H and O–H groups in total. The van der Waals surface area contributed by atoms with Crippen molar-refractivity contribution in [3.8, 4) is 0 Å². The van der Waals surface area contributed by atoms with Crippen LogP contribution in [-0.2, 0) is 5.41 Å². The van der Waals surface area contributed by atoms with Gasteiger partial charge >= 0.3 is 0 Å². The minimum atomic E-state index is 0.139. The lowest BCUT2D eigenvalue weighted by Gasteiger charge is -2.19. The fourth-order valence-electron chi connectivity index (χ4n) is 2.94. The van der Waals surface area contributed by atoms with E-state index in [1.807, 2.05) is 30.3 Å². The number of carbonyl (C=O) groups is 1. The molecule has 0 spiro atoms. The quantitative estimate of drug-likeness (QED) is 0.397. The van der Waals surface area contributed by atoms with Gasteiger partial charge in [0.2, 0.25) is 0 Å². The van der Waals surface area contributed by atoms with Gasteiger partial charge in [0.1, 0.15) is 6.29 Å². The van der Waals surface area contributed by atoms with Crippen molar-refractivity contribution in [3.05, 3.63) is 107 Å². The van der Waals surface area contributed by atoms with Gasteiger partial charge in [-0.05, 0) is 39.3 Å². The molecule has 3 aromatic rings. The average molecular weight is 340 g/mol. The molecule has 1 nitrogen and oxygen atoms in total. The topological polar surface area (TPSA) is 17.1 Å². The van der Waals surface area contributed by atoms with Crippen molar-refractivity contribution in [3.63, 3.8) is 0 Å². The van der Waals surface area contributed by atoms with Crippen molar-refractivity contribution in [2.24, 2.45) is 0 Å². The molecule has 0 aromatic heterocycles. The molecule has 130 valence electrons. The van der Waals surface area contributed by atoms with Gasteiger partial charge in [-0.25, -0.2) is 0 Å². The number of carbonyl (C=O) groups excluding carboxylic acids is 1. The van der Waals surface area contributed by atoms with Crippen molar-refractivity contribution in [1.82, 2.24) is 0 Å². The van der Waals surface area contributed by atoms with Crippen LogP contribution in [0.5, 0.6) is 0 Å². The smallest absolute Gasteiger partial charge is 0.150 e. The highest BCUT2D eigenvalue weighted by atomic mass is 16.1. The van der Waals surface area contributed by atoms with E-state index >= 15 is 0 Å². The molecular weight excluding hydrogens is 316 g/mol. The predicted octanol–water partition coefficient (Wildman–Crippen LogP) is 6.39. The number of rotatable bonds is 4. The van der Waals surface area contributed by atoms with Gasteiger partial charge in [0, 0.05) is 5.56 Å². The van der Waals surface area contributed by atoms with E-state index in [0.29, 0.717) is 5.56 Å². The molecule has 26 heavy (non-hydrogen) atoms. The highest BCUT2D eigenvalue weighted by molar-refractivity contribution is 5.91. The standard InChI is InChI=1S/C25H24O/c1-25(2,3)23-15-13-22(14-16-23)24(21-7-5-4-6-8-21)17-19-9-11-20(18-26)12-10-19/h4-18H,1-3H3/b24-17+. The molecule has 0 aliphatic carbocycles. The van der Waals surface area contributed by atoms with Crippen LogP contribution in [0.15, 0.2) is 78.9 Å². The Kier molecular flexibility index (Phi) is 5.18. The molecule has 0 atom stereocenters. The first-order chi connectivity index (χ1) is 12.5. The second-order valence-electron chi connectivity index (χ2n) is 7.54. The van der Waals surface area contributed by atoms with Crippen molar-refractivity contribution < 1.29 is 4.79 Å². The van der Waals surface area contributed by atoms with Gasteiger partial charge in [0.15, 0.2) is 0 Å². The zero-order valence-electron chi connectivity index (χ0n) is 15.6. The normalized spacial score (nSPS) is 12.0. The van der Waals surface area contributed by atoms with Crippen molar-refractivity contribution >= 4 is 17.9 Å². The lowest BCUT2D eigenvalue weighted by atomic mass is 9.85. The first-order valence-corrected chi connectivity index (χ1v) is 8.91. The summed E-state index contributed by atoms with van der Waals surface area (Å²) in [5, 5.41) is 0. The molecule has 0 unspecified atom stereocenters. The van der Waals surface area contributed by atoms with Gasteiger partial charge in [-0.2, -0.15) is 0 Å². The zero-order chi connectivity index (χ0) is 18.6. The van der Waals surface area contributed by atoms with Crippen LogP contribution in [0.2, 0.25) is 0 Å². The van der Waals surface area contributed by atoms with Crippen LogP contribution >= 0.6 is 0 Å². The fourth-order valence-corrected chi connectivity index (χ4v) is 2.94. The third-order valence-corrected chi connectivity index (χ3v) is 4.53. The number of aldehydes is 1. The second kappa shape index (κ2) is 7.53. The van der Waals surface area contributed by atoms with Crippen LogP contribution in [0, 0.1) is 0 Å². The van der Waals surface area contributed by atoms with E-state index in [1.165, 1.54) is 22.3 Å². The van der Waals surface area contributed by atoms with E-state index < -0.39 is 0 Å². The maximum Gasteiger partial charge on any atom is 0.150 e. The monoisotopic (exact) mass is 340 g/mol. The summed E-state index contributed by atoms with van der Waals surface area (Å²) in [6, 6.07) is 26.9. The van der Waals surface area contributed by atoms with E-state index in [1.54, 1.807) is 0 Å². The third kappa shape index (κ3) is 4.18. The second-order valence-corrected chi connectivity index (χ2v) is 7.54. The molecule has 0 amide bonds. The Bertz CT molecular complexity index is 893. The first kappa shape index (κ1) is 17.9. The molecule has 0 aliphatic heterocycles. The molecular formula is C25H24O. The van der Waals surface area contributed by atoms with E-state index in [-0.39, 0.29) is 5.41 Å². The fraction of sp³-hybridized carbons (Fsp3) is 0.160. The molecule has 3 rings (SSSR count). The molecule has 1 heteroatoms. The SMILES string of the molecule is CC(C)(C)c1ccc(/C(=C/c2ccc(C=O)cc2)c2ccccc2)cc1. The third-order valence-electron chi connectivity index (χ3n) is 4.53. The Morgan fingerprint density at radius 3 is 1.77 bits per heavy atom. The summed E-state index contributed by atoms with van der Waals surface area (Å²) in [6.45, 7) is 6.68. The minimum Gasteiger partial charge on any atom is -0.298 e. The van der Waals surface area contributed by atoms with E-state index in [9.17, 15) is 4.79 Å². The maximum absolute atomic E-state index is 10.9. The molecule has 0 radical (unpaired) electrons. The molecule has 0 heterocycles. The highest BCUT2D eigenvalue weighted by Crippen LogP contribution is 2.29. The zero-order valence-corrected chi connectivity index (χ0v) is 15.6. The number of benzene rings is 3. The van der Waals surface area contributed by atoms with Gasteiger partial charge in [0.05, 0.1) is 0 Å².